The fourth-order valence-corrected chi connectivity index (χ4v) is 3.63. The van der Waals surface area contributed by atoms with Crippen molar-refractivity contribution >= 4 is 22.4 Å². The normalized spacial score (nSPS) is 21.5. The van der Waals surface area contributed by atoms with Crippen molar-refractivity contribution < 1.29 is 0 Å². The van der Waals surface area contributed by atoms with Crippen LogP contribution in [-0.4, -0.2) is 9.36 Å². The number of aromatic nitrogens is 2. The van der Waals surface area contributed by atoms with E-state index in [1.54, 1.807) is 0 Å². The Morgan fingerprint density at radius 1 is 1.25 bits per heavy atom. The molecule has 1 aromatic heterocycles. The summed E-state index contributed by atoms with van der Waals surface area (Å²) in [5, 5.41) is 4.52. The first-order chi connectivity index (χ1) is 9.79. The molecule has 1 saturated carbocycles. The molecule has 0 amide bonds. The third-order valence-corrected chi connectivity index (χ3v) is 4.82. The highest BCUT2D eigenvalue weighted by Gasteiger charge is 2.28. The van der Waals surface area contributed by atoms with Gasteiger partial charge in [-0.2, -0.15) is 4.37 Å². The number of aryl methyl sites for hydroxylation is 1. The highest BCUT2D eigenvalue weighted by atomic mass is 32.1. The molecule has 2 aliphatic carbocycles. The summed E-state index contributed by atoms with van der Waals surface area (Å²) in [7, 11) is 0. The topological polar surface area (TPSA) is 63.8 Å². The molecule has 0 aliphatic heterocycles. The van der Waals surface area contributed by atoms with Gasteiger partial charge in [0.15, 0.2) is 0 Å². The van der Waals surface area contributed by atoms with Crippen LogP contribution in [0.15, 0.2) is 18.2 Å². The molecule has 104 valence electrons. The average Bonchev–Trinajstić information content (AvgIpc) is 3.19. The number of hydrogen-bond donors (Lipinski definition) is 2. The van der Waals surface area contributed by atoms with Crippen molar-refractivity contribution in [1.82, 2.24) is 9.36 Å². The molecule has 1 fully saturated rings. The van der Waals surface area contributed by atoms with Crippen LogP contribution in [0.2, 0.25) is 0 Å². The molecule has 3 N–H and O–H groups in total. The van der Waals surface area contributed by atoms with Crippen LogP contribution in [0, 0.1) is 0 Å². The number of rotatable bonds is 3. The van der Waals surface area contributed by atoms with E-state index in [1.165, 1.54) is 41.9 Å². The number of hydrogen-bond acceptors (Lipinski definition) is 5. The fraction of sp³-hybridized carbons (Fsp3) is 0.467. The van der Waals surface area contributed by atoms with Gasteiger partial charge in [0, 0.05) is 23.1 Å². The molecule has 1 aromatic carbocycles. The first-order valence-electron chi connectivity index (χ1n) is 7.28. The summed E-state index contributed by atoms with van der Waals surface area (Å²) in [4.78, 5) is 4.63. The van der Waals surface area contributed by atoms with Crippen molar-refractivity contribution in [3.8, 4) is 0 Å². The van der Waals surface area contributed by atoms with E-state index in [2.05, 4.69) is 26.8 Å². The molecule has 2 aliphatic rings. The van der Waals surface area contributed by atoms with E-state index >= 15 is 0 Å². The van der Waals surface area contributed by atoms with Gasteiger partial charge in [-0.25, -0.2) is 4.98 Å². The van der Waals surface area contributed by atoms with Crippen molar-refractivity contribution in [2.24, 2.45) is 0 Å². The molecule has 1 heterocycles. The van der Waals surface area contributed by atoms with Gasteiger partial charge in [0.25, 0.3) is 0 Å². The van der Waals surface area contributed by atoms with Gasteiger partial charge in [0.2, 0.25) is 5.13 Å². The summed E-state index contributed by atoms with van der Waals surface area (Å²) in [6.07, 6.45) is 5.98. The standard InChI is InChI=1S/C15H18N4S/c16-11-6-7-12-10(8-11)2-1-3-13(12)17-15-18-14(19-20-15)9-4-5-9/h6-9,13H,1-5,16H2,(H,17,18,19). The Morgan fingerprint density at radius 3 is 3.00 bits per heavy atom. The highest BCUT2D eigenvalue weighted by Crippen LogP contribution is 2.40. The van der Waals surface area contributed by atoms with E-state index in [-0.39, 0.29) is 0 Å². The largest absolute Gasteiger partial charge is 0.399 e. The fourth-order valence-electron chi connectivity index (χ4n) is 2.93. The van der Waals surface area contributed by atoms with Crippen LogP contribution >= 0.6 is 11.5 Å². The second-order valence-electron chi connectivity index (χ2n) is 5.78. The number of nitrogens with zero attached hydrogens (tertiary/aromatic N) is 2. The Bertz CT molecular complexity index is 633. The summed E-state index contributed by atoms with van der Waals surface area (Å²) in [6, 6.07) is 6.61. The Kier molecular flexibility index (Phi) is 2.88. The monoisotopic (exact) mass is 286 g/mol. The maximum Gasteiger partial charge on any atom is 0.203 e. The summed E-state index contributed by atoms with van der Waals surface area (Å²) >= 11 is 1.49. The minimum absolute atomic E-state index is 0.347. The van der Waals surface area contributed by atoms with E-state index in [0.717, 1.165) is 29.5 Å². The summed E-state index contributed by atoms with van der Waals surface area (Å²) < 4.78 is 4.46. The Balaban J connectivity index is 1.56. The molecule has 1 unspecified atom stereocenters. The SMILES string of the molecule is Nc1ccc2c(c1)CCCC2Nc1nc(C2CC2)ns1. The second-order valence-corrected chi connectivity index (χ2v) is 6.53. The molecule has 0 radical (unpaired) electrons. The maximum absolute atomic E-state index is 5.88. The van der Waals surface area contributed by atoms with Gasteiger partial charge in [0.05, 0.1) is 6.04 Å². The number of benzene rings is 1. The summed E-state index contributed by atoms with van der Waals surface area (Å²) in [5.41, 5.74) is 9.49. The quantitative estimate of drug-likeness (QED) is 0.848. The third-order valence-electron chi connectivity index (χ3n) is 4.16. The minimum Gasteiger partial charge on any atom is -0.399 e. The van der Waals surface area contributed by atoms with Gasteiger partial charge in [0.1, 0.15) is 5.82 Å². The predicted octanol–water partition coefficient (Wildman–Crippen LogP) is 3.49. The van der Waals surface area contributed by atoms with Gasteiger partial charge in [-0.3, -0.25) is 0 Å². The maximum atomic E-state index is 5.88. The third kappa shape index (κ3) is 2.26. The van der Waals surface area contributed by atoms with Crippen molar-refractivity contribution in [2.75, 3.05) is 11.1 Å². The number of anilines is 2. The van der Waals surface area contributed by atoms with E-state index in [0.29, 0.717) is 12.0 Å². The van der Waals surface area contributed by atoms with Crippen LogP contribution in [0.25, 0.3) is 0 Å². The molecule has 20 heavy (non-hydrogen) atoms. The molecule has 4 rings (SSSR count). The van der Waals surface area contributed by atoms with E-state index < -0.39 is 0 Å². The molecule has 1 atom stereocenters. The van der Waals surface area contributed by atoms with Crippen LogP contribution in [0.4, 0.5) is 10.8 Å². The van der Waals surface area contributed by atoms with Gasteiger partial charge in [-0.15, -0.1) is 0 Å². The Hall–Kier alpha value is -1.62. The number of nitrogens with one attached hydrogen (secondary N) is 1. The predicted molar refractivity (Wildman–Crippen MR) is 82.0 cm³/mol. The second kappa shape index (κ2) is 4.74. The van der Waals surface area contributed by atoms with Gasteiger partial charge in [-0.1, -0.05) is 6.07 Å². The lowest BCUT2D eigenvalue weighted by Gasteiger charge is -2.26. The molecule has 4 nitrogen and oxygen atoms in total. The van der Waals surface area contributed by atoms with Gasteiger partial charge < -0.3 is 11.1 Å². The number of fused-ring (bicyclic) bond motifs is 1. The number of nitrogens with two attached hydrogens (primary N) is 1. The van der Waals surface area contributed by atoms with Gasteiger partial charge in [-0.05, 0) is 55.4 Å². The lowest BCUT2D eigenvalue weighted by atomic mass is 9.87. The first kappa shape index (κ1) is 12.1. The first-order valence-corrected chi connectivity index (χ1v) is 8.05. The average molecular weight is 286 g/mol. The molecule has 0 spiro atoms. The molecule has 0 saturated heterocycles. The molecule has 5 heteroatoms. The van der Waals surface area contributed by atoms with Crippen molar-refractivity contribution in [2.45, 2.75) is 44.1 Å². The van der Waals surface area contributed by atoms with Crippen LogP contribution in [0.3, 0.4) is 0 Å². The zero-order valence-electron chi connectivity index (χ0n) is 11.3. The lowest BCUT2D eigenvalue weighted by molar-refractivity contribution is 0.600. The van der Waals surface area contributed by atoms with Crippen LogP contribution in [0.1, 0.15) is 54.6 Å². The Morgan fingerprint density at radius 2 is 2.15 bits per heavy atom. The summed E-state index contributed by atoms with van der Waals surface area (Å²) in [6.45, 7) is 0. The van der Waals surface area contributed by atoms with Gasteiger partial charge >= 0.3 is 0 Å². The van der Waals surface area contributed by atoms with Crippen molar-refractivity contribution in [3.63, 3.8) is 0 Å². The molecular weight excluding hydrogens is 268 g/mol. The van der Waals surface area contributed by atoms with E-state index in [4.69, 9.17) is 5.73 Å². The zero-order chi connectivity index (χ0) is 13.5. The number of nitrogen functional groups attached to an aromatic ring is 1. The van der Waals surface area contributed by atoms with Crippen LogP contribution in [0.5, 0.6) is 0 Å². The van der Waals surface area contributed by atoms with E-state index in [9.17, 15) is 0 Å². The Labute approximate surface area is 122 Å². The molecule has 0 bridgehead atoms. The van der Waals surface area contributed by atoms with E-state index in [1.807, 2.05) is 6.07 Å². The minimum atomic E-state index is 0.347. The zero-order valence-corrected chi connectivity index (χ0v) is 12.1. The summed E-state index contributed by atoms with van der Waals surface area (Å²) in [5.74, 6) is 1.66. The molecule has 2 aromatic rings. The lowest BCUT2D eigenvalue weighted by Crippen LogP contribution is -2.17. The van der Waals surface area contributed by atoms with Crippen molar-refractivity contribution in [3.05, 3.63) is 35.2 Å². The smallest absolute Gasteiger partial charge is 0.203 e. The van der Waals surface area contributed by atoms with Crippen LogP contribution < -0.4 is 11.1 Å². The highest BCUT2D eigenvalue weighted by molar-refractivity contribution is 7.09. The molecular formula is C15H18N4S. The van der Waals surface area contributed by atoms with Crippen LogP contribution in [-0.2, 0) is 6.42 Å². The van der Waals surface area contributed by atoms with Crippen molar-refractivity contribution in [1.29, 1.82) is 0 Å².